The van der Waals surface area contributed by atoms with E-state index >= 15 is 0 Å². The molecule has 2 aromatic carbocycles. The number of halogens is 1. The minimum absolute atomic E-state index is 0.188. The van der Waals surface area contributed by atoms with E-state index in [9.17, 15) is 9.18 Å². The average molecular weight is 342 g/mol. The molecule has 0 fully saturated rings. The van der Waals surface area contributed by atoms with Crippen LogP contribution in [0.25, 0.3) is 0 Å². The first-order valence-corrected chi connectivity index (χ1v) is 7.80. The van der Waals surface area contributed by atoms with Crippen LogP contribution in [0.1, 0.15) is 12.5 Å². The Labute approximate surface area is 146 Å². The molecule has 0 radical (unpaired) electrons. The molecule has 0 N–H and O–H groups in total. The molecule has 0 aliphatic rings. The lowest BCUT2D eigenvalue weighted by atomic mass is 10.2. The van der Waals surface area contributed by atoms with Crippen molar-refractivity contribution in [1.29, 1.82) is 5.26 Å². The van der Waals surface area contributed by atoms with Crippen LogP contribution < -0.4 is 9.47 Å². The second kappa shape index (κ2) is 8.69. The van der Waals surface area contributed by atoms with Gasteiger partial charge < -0.3 is 14.4 Å². The van der Waals surface area contributed by atoms with E-state index in [-0.39, 0.29) is 18.3 Å². The van der Waals surface area contributed by atoms with E-state index in [2.05, 4.69) is 0 Å². The fourth-order valence-electron chi connectivity index (χ4n) is 2.11. The van der Waals surface area contributed by atoms with Crippen molar-refractivity contribution in [2.75, 3.05) is 20.2 Å². The number of nitriles is 1. The van der Waals surface area contributed by atoms with Crippen LogP contribution in [0, 0.1) is 17.1 Å². The molecule has 1 unspecified atom stereocenters. The van der Waals surface area contributed by atoms with Gasteiger partial charge in [0.25, 0.3) is 5.91 Å². The molecule has 0 aliphatic carbocycles. The summed E-state index contributed by atoms with van der Waals surface area (Å²) in [6.07, 6.45) is -0.663. The molecule has 0 aromatic heterocycles. The van der Waals surface area contributed by atoms with Gasteiger partial charge in [0.1, 0.15) is 23.9 Å². The van der Waals surface area contributed by atoms with Gasteiger partial charge in [-0.1, -0.05) is 0 Å². The Kier molecular flexibility index (Phi) is 6.35. The summed E-state index contributed by atoms with van der Waals surface area (Å²) >= 11 is 0. The molecule has 0 saturated heterocycles. The van der Waals surface area contributed by atoms with Gasteiger partial charge in [0, 0.05) is 7.05 Å². The lowest BCUT2D eigenvalue weighted by Gasteiger charge is -2.22. The average Bonchev–Trinajstić information content (AvgIpc) is 2.63. The van der Waals surface area contributed by atoms with Gasteiger partial charge in [0.15, 0.2) is 6.10 Å². The first-order chi connectivity index (χ1) is 12.0. The molecular formula is C19H19FN2O3. The van der Waals surface area contributed by atoms with Crippen molar-refractivity contribution in [2.45, 2.75) is 13.0 Å². The van der Waals surface area contributed by atoms with Crippen LogP contribution in [0.4, 0.5) is 4.39 Å². The summed E-state index contributed by atoms with van der Waals surface area (Å²) < 4.78 is 23.9. The smallest absolute Gasteiger partial charge is 0.263 e. The standard InChI is InChI=1S/C19H19FN2O3/c1-14(25-18-7-3-15(13-21)4-8-18)19(23)22(2)11-12-24-17-9-5-16(20)6-10-17/h3-10,14H,11-12H2,1-2H3. The monoisotopic (exact) mass is 342 g/mol. The van der Waals surface area contributed by atoms with E-state index in [0.29, 0.717) is 23.6 Å². The summed E-state index contributed by atoms with van der Waals surface area (Å²) in [5.41, 5.74) is 0.529. The van der Waals surface area contributed by atoms with Crippen LogP contribution in [0.15, 0.2) is 48.5 Å². The highest BCUT2D eigenvalue weighted by atomic mass is 19.1. The Morgan fingerprint density at radius 1 is 1.16 bits per heavy atom. The second-order valence-electron chi connectivity index (χ2n) is 5.46. The number of carbonyl (C=O) groups is 1. The Morgan fingerprint density at radius 2 is 1.76 bits per heavy atom. The summed E-state index contributed by atoms with van der Waals surface area (Å²) in [5, 5.41) is 8.77. The van der Waals surface area contributed by atoms with Gasteiger partial charge in [-0.3, -0.25) is 4.79 Å². The molecule has 6 heteroatoms. The summed E-state index contributed by atoms with van der Waals surface area (Å²) in [7, 11) is 1.66. The van der Waals surface area contributed by atoms with Crippen molar-refractivity contribution in [3.63, 3.8) is 0 Å². The summed E-state index contributed by atoms with van der Waals surface area (Å²) in [5.74, 6) is 0.556. The van der Waals surface area contributed by atoms with Crippen molar-refractivity contribution in [2.24, 2.45) is 0 Å². The SMILES string of the molecule is CC(Oc1ccc(C#N)cc1)C(=O)N(C)CCOc1ccc(F)cc1. The predicted octanol–water partition coefficient (Wildman–Crippen LogP) is 3.00. The largest absolute Gasteiger partial charge is 0.492 e. The zero-order chi connectivity index (χ0) is 18.2. The molecule has 1 amide bonds. The van der Waals surface area contributed by atoms with Crippen molar-refractivity contribution < 1.29 is 18.7 Å². The van der Waals surface area contributed by atoms with E-state index < -0.39 is 6.10 Å². The lowest BCUT2D eigenvalue weighted by Crippen LogP contribution is -2.39. The zero-order valence-electron chi connectivity index (χ0n) is 14.1. The molecule has 2 aromatic rings. The van der Waals surface area contributed by atoms with Gasteiger partial charge in [-0.05, 0) is 55.5 Å². The first-order valence-electron chi connectivity index (χ1n) is 7.80. The van der Waals surface area contributed by atoms with Crippen molar-refractivity contribution in [3.05, 3.63) is 59.9 Å². The summed E-state index contributed by atoms with van der Waals surface area (Å²) in [6, 6.07) is 14.3. The maximum atomic E-state index is 12.8. The molecule has 0 spiro atoms. The van der Waals surface area contributed by atoms with E-state index in [4.69, 9.17) is 14.7 Å². The Hall–Kier alpha value is -3.07. The van der Waals surface area contributed by atoms with Gasteiger partial charge >= 0.3 is 0 Å². The Balaban J connectivity index is 1.79. The third-order valence-corrected chi connectivity index (χ3v) is 3.53. The Morgan fingerprint density at radius 3 is 2.36 bits per heavy atom. The summed E-state index contributed by atoms with van der Waals surface area (Å²) in [6.45, 7) is 2.33. The molecule has 1 atom stereocenters. The number of ether oxygens (including phenoxy) is 2. The zero-order valence-corrected chi connectivity index (χ0v) is 14.1. The quantitative estimate of drug-likeness (QED) is 0.776. The van der Waals surface area contributed by atoms with E-state index in [1.807, 2.05) is 6.07 Å². The van der Waals surface area contributed by atoms with Gasteiger partial charge in [-0.2, -0.15) is 5.26 Å². The molecule has 25 heavy (non-hydrogen) atoms. The number of hydrogen-bond acceptors (Lipinski definition) is 4. The maximum Gasteiger partial charge on any atom is 0.263 e. The molecule has 0 bridgehead atoms. The number of amides is 1. The van der Waals surface area contributed by atoms with Crippen LogP contribution in [0.5, 0.6) is 11.5 Å². The van der Waals surface area contributed by atoms with E-state index in [1.54, 1.807) is 38.2 Å². The number of rotatable bonds is 7. The topological polar surface area (TPSA) is 62.6 Å². The number of benzene rings is 2. The van der Waals surface area contributed by atoms with Gasteiger partial charge in [-0.15, -0.1) is 0 Å². The number of hydrogen-bond donors (Lipinski definition) is 0. The number of nitrogens with zero attached hydrogens (tertiary/aromatic N) is 2. The normalized spacial score (nSPS) is 11.3. The fraction of sp³-hybridized carbons (Fsp3) is 0.263. The van der Waals surface area contributed by atoms with E-state index in [1.165, 1.54) is 29.2 Å². The third kappa shape index (κ3) is 5.50. The van der Waals surface area contributed by atoms with Crippen molar-refractivity contribution in [3.8, 4) is 17.6 Å². The molecule has 0 saturated carbocycles. The highest BCUT2D eigenvalue weighted by molar-refractivity contribution is 5.80. The van der Waals surface area contributed by atoms with Crippen molar-refractivity contribution >= 4 is 5.91 Å². The maximum absolute atomic E-state index is 12.8. The van der Waals surface area contributed by atoms with Crippen LogP contribution in [0.2, 0.25) is 0 Å². The molecule has 0 heterocycles. The molecular weight excluding hydrogens is 323 g/mol. The summed E-state index contributed by atoms with van der Waals surface area (Å²) in [4.78, 5) is 13.8. The van der Waals surface area contributed by atoms with E-state index in [0.717, 1.165) is 0 Å². The van der Waals surface area contributed by atoms with Crippen LogP contribution >= 0.6 is 0 Å². The third-order valence-electron chi connectivity index (χ3n) is 3.53. The number of likely N-dealkylation sites (N-methyl/N-ethyl adjacent to an activating group) is 1. The molecule has 130 valence electrons. The molecule has 5 nitrogen and oxygen atoms in total. The predicted molar refractivity (Wildman–Crippen MR) is 90.8 cm³/mol. The second-order valence-corrected chi connectivity index (χ2v) is 5.46. The first kappa shape index (κ1) is 18.3. The molecule has 2 rings (SSSR count). The highest BCUT2D eigenvalue weighted by Crippen LogP contribution is 2.14. The van der Waals surface area contributed by atoms with Gasteiger partial charge in [0.05, 0.1) is 18.2 Å². The van der Waals surface area contributed by atoms with Gasteiger partial charge in [0.2, 0.25) is 0 Å². The minimum Gasteiger partial charge on any atom is -0.492 e. The van der Waals surface area contributed by atoms with Gasteiger partial charge in [-0.25, -0.2) is 4.39 Å². The number of carbonyl (C=O) groups excluding carboxylic acids is 1. The van der Waals surface area contributed by atoms with Crippen molar-refractivity contribution in [1.82, 2.24) is 4.90 Å². The fourth-order valence-corrected chi connectivity index (χ4v) is 2.11. The minimum atomic E-state index is -0.663. The lowest BCUT2D eigenvalue weighted by molar-refractivity contribution is -0.136. The van der Waals surface area contributed by atoms with Crippen LogP contribution in [-0.2, 0) is 4.79 Å². The van der Waals surface area contributed by atoms with Crippen LogP contribution in [-0.4, -0.2) is 37.1 Å². The molecule has 0 aliphatic heterocycles. The highest BCUT2D eigenvalue weighted by Gasteiger charge is 2.19. The van der Waals surface area contributed by atoms with Crippen LogP contribution in [0.3, 0.4) is 0 Å². The Bertz CT molecular complexity index is 739.